The molecule has 3 heterocycles. The van der Waals surface area contributed by atoms with Crippen molar-refractivity contribution in [1.29, 1.82) is 0 Å². The minimum absolute atomic E-state index is 0.0609. The quantitative estimate of drug-likeness (QED) is 0.312. The molecule has 2 saturated carbocycles. The van der Waals surface area contributed by atoms with Crippen molar-refractivity contribution >= 4 is 34.4 Å². The summed E-state index contributed by atoms with van der Waals surface area (Å²) in [5.41, 5.74) is 7.77. The van der Waals surface area contributed by atoms with Crippen molar-refractivity contribution in [2.75, 3.05) is 38.4 Å². The lowest BCUT2D eigenvalue weighted by Crippen LogP contribution is -2.50. The molecule has 0 bridgehead atoms. The zero-order chi connectivity index (χ0) is 31.3. The minimum Gasteiger partial charge on any atom is -0.461 e. The molecule has 3 atom stereocenters. The van der Waals surface area contributed by atoms with Crippen LogP contribution in [0.15, 0.2) is 24.3 Å². The zero-order valence-electron chi connectivity index (χ0n) is 26.3. The molecule has 0 unspecified atom stereocenters. The third-order valence-electron chi connectivity index (χ3n) is 11.1. The number of aromatic nitrogens is 1. The van der Waals surface area contributed by atoms with E-state index in [4.69, 9.17) is 15.2 Å². The SMILES string of the molecule is N[C@H](CF)[C@H]1CC[C@H](C(=O)N2CC[C@@H](C3CCCCC3)[C@H]2C(=O)Nc2ccc3[nH]c(C(=O)OCC4CCOCC4)cc3c2)CC1. The highest BCUT2D eigenvalue weighted by Crippen LogP contribution is 2.41. The number of ether oxygens (including phenoxy) is 2. The van der Waals surface area contributed by atoms with E-state index >= 15 is 0 Å². The fraction of sp³-hybridized carbons (Fsp3) is 0.686. The van der Waals surface area contributed by atoms with E-state index < -0.39 is 18.8 Å². The molecule has 2 saturated heterocycles. The number of benzene rings is 1. The van der Waals surface area contributed by atoms with Gasteiger partial charge in [0.1, 0.15) is 18.4 Å². The maximum absolute atomic E-state index is 14.1. The summed E-state index contributed by atoms with van der Waals surface area (Å²) in [6.45, 7) is 1.85. The number of carbonyl (C=O) groups excluding carboxylic acids is 3. The molecule has 45 heavy (non-hydrogen) atoms. The van der Waals surface area contributed by atoms with Gasteiger partial charge in [-0.25, -0.2) is 9.18 Å². The Bertz CT molecular complexity index is 1330. The topological polar surface area (TPSA) is 127 Å². The van der Waals surface area contributed by atoms with E-state index in [0.29, 0.717) is 62.4 Å². The second-order valence-electron chi connectivity index (χ2n) is 13.9. The summed E-state index contributed by atoms with van der Waals surface area (Å²) in [7, 11) is 0. The van der Waals surface area contributed by atoms with E-state index in [1.807, 2.05) is 23.1 Å². The standard InChI is InChI=1S/C35H49FN4O5/c36-20-29(37)24-6-8-25(9-7-24)34(42)40-15-12-28(23-4-2-1-3-5-23)32(40)33(41)38-27-10-11-30-26(18-27)19-31(39-30)35(43)45-21-22-13-16-44-17-14-22/h10-11,18-19,22-25,28-29,32,39H,1-9,12-17,20-21,37H2,(H,38,41)/t24-,25-,28-,29+,32-/m0/s1. The van der Waals surface area contributed by atoms with Gasteiger partial charge in [-0.3, -0.25) is 9.59 Å². The van der Waals surface area contributed by atoms with Crippen molar-refractivity contribution in [3.8, 4) is 0 Å². The number of amides is 2. The Hall–Kier alpha value is -2.98. The molecule has 4 fully saturated rings. The number of halogens is 1. The molecule has 4 N–H and O–H groups in total. The molecule has 1 aromatic heterocycles. The molecule has 2 amide bonds. The number of fused-ring (bicyclic) bond motifs is 1. The Kier molecular flexibility index (Phi) is 10.4. The second kappa shape index (κ2) is 14.6. The maximum Gasteiger partial charge on any atom is 0.354 e. The Morgan fingerprint density at radius 1 is 1.00 bits per heavy atom. The van der Waals surface area contributed by atoms with Crippen molar-refractivity contribution in [2.45, 2.75) is 89.1 Å². The van der Waals surface area contributed by atoms with Crippen LogP contribution < -0.4 is 11.1 Å². The van der Waals surface area contributed by atoms with E-state index in [1.165, 1.54) is 19.3 Å². The zero-order valence-corrected chi connectivity index (χ0v) is 26.3. The van der Waals surface area contributed by atoms with Crippen molar-refractivity contribution in [3.05, 3.63) is 30.0 Å². The van der Waals surface area contributed by atoms with E-state index in [1.54, 1.807) is 6.07 Å². The Morgan fingerprint density at radius 3 is 2.49 bits per heavy atom. The number of rotatable bonds is 9. The van der Waals surface area contributed by atoms with Gasteiger partial charge in [-0.05, 0) is 92.9 Å². The smallest absolute Gasteiger partial charge is 0.354 e. The predicted molar refractivity (Wildman–Crippen MR) is 170 cm³/mol. The van der Waals surface area contributed by atoms with E-state index in [2.05, 4.69) is 10.3 Å². The van der Waals surface area contributed by atoms with E-state index in [-0.39, 0.29) is 35.5 Å². The Labute approximate surface area is 265 Å². The van der Waals surface area contributed by atoms with Crippen LogP contribution in [0.1, 0.15) is 87.5 Å². The van der Waals surface area contributed by atoms with Crippen LogP contribution in [-0.2, 0) is 19.1 Å². The second-order valence-corrected chi connectivity index (χ2v) is 13.9. The molecule has 2 aromatic rings. The first-order valence-corrected chi connectivity index (χ1v) is 17.2. The molecule has 0 radical (unpaired) electrons. The van der Waals surface area contributed by atoms with Gasteiger partial charge >= 0.3 is 5.97 Å². The first-order chi connectivity index (χ1) is 21.9. The molecular weight excluding hydrogens is 575 g/mol. The highest BCUT2D eigenvalue weighted by molar-refractivity contribution is 6.01. The molecule has 6 rings (SSSR count). The van der Waals surface area contributed by atoms with Gasteiger partial charge in [-0.15, -0.1) is 0 Å². The van der Waals surface area contributed by atoms with Crippen LogP contribution in [0, 0.1) is 29.6 Å². The van der Waals surface area contributed by atoms with Crippen molar-refractivity contribution in [2.24, 2.45) is 35.3 Å². The number of hydrogen-bond donors (Lipinski definition) is 3. The lowest BCUT2D eigenvalue weighted by Gasteiger charge is -2.36. The third-order valence-corrected chi connectivity index (χ3v) is 11.1. The highest BCUT2D eigenvalue weighted by Gasteiger charge is 2.47. The van der Waals surface area contributed by atoms with Gasteiger partial charge in [0.05, 0.1) is 6.61 Å². The molecular formula is C35H49FN4O5. The summed E-state index contributed by atoms with van der Waals surface area (Å²) in [6.07, 6.45) is 11.3. The van der Waals surface area contributed by atoms with Crippen molar-refractivity contribution < 1.29 is 28.2 Å². The van der Waals surface area contributed by atoms with E-state index in [9.17, 15) is 18.8 Å². The number of nitrogens with one attached hydrogen (secondary N) is 2. The maximum atomic E-state index is 14.1. The largest absolute Gasteiger partial charge is 0.461 e. The van der Waals surface area contributed by atoms with Crippen molar-refractivity contribution in [1.82, 2.24) is 9.88 Å². The molecule has 1 aromatic carbocycles. The number of likely N-dealkylation sites (tertiary alicyclic amines) is 1. The van der Waals surface area contributed by atoms with Crippen LogP contribution in [0.4, 0.5) is 10.1 Å². The van der Waals surface area contributed by atoms with Crippen LogP contribution in [0.3, 0.4) is 0 Å². The van der Waals surface area contributed by atoms with Crippen LogP contribution in [-0.4, -0.2) is 72.8 Å². The summed E-state index contributed by atoms with van der Waals surface area (Å²) in [5, 5.41) is 3.94. The molecule has 2 aliphatic carbocycles. The summed E-state index contributed by atoms with van der Waals surface area (Å²) in [4.78, 5) is 45.8. The molecule has 10 heteroatoms. The van der Waals surface area contributed by atoms with Crippen LogP contribution >= 0.6 is 0 Å². The first-order valence-electron chi connectivity index (χ1n) is 17.2. The molecule has 4 aliphatic rings. The normalized spacial score (nSPS) is 27.4. The van der Waals surface area contributed by atoms with Crippen LogP contribution in [0.25, 0.3) is 10.9 Å². The number of hydrogen-bond acceptors (Lipinski definition) is 6. The molecule has 0 spiro atoms. The minimum atomic E-state index is -0.530. The number of anilines is 1. The lowest BCUT2D eigenvalue weighted by atomic mass is 9.76. The van der Waals surface area contributed by atoms with Crippen molar-refractivity contribution in [3.63, 3.8) is 0 Å². The average Bonchev–Trinajstić information content (AvgIpc) is 3.72. The fourth-order valence-electron chi connectivity index (χ4n) is 8.33. The average molecular weight is 625 g/mol. The highest BCUT2D eigenvalue weighted by atomic mass is 19.1. The molecule has 9 nitrogen and oxygen atoms in total. The van der Waals surface area contributed by atoms with Gasteiger partial charge in [0, 0.05) is 48.3 Å². The summed E-state index contributed by atoms with van der Waals surface area (Å²) >= 11 is 0. The number of alkyl halides is 1. The van der Waals surface area contributed by atoms with Gasteiger partial charge in [0.25, 0.3) is 0 Å². The van der Waals surface area contributed by atoms with Gasteiger partial charge in [0.2, 0.25) is 11.8 Å². The van der Waals surface area contributed by atoms with E-state index in [0.717, 1.165) is 55.8 Å². The third kappa shape index (κ3) is 7.38. The summed E-state index contributed by atoms with van der Waals surface area (Å²) in [5.74, 6) is 0.397. The number of esters is 1. The molecule has 2 aliphatic heterocycles. The summed E-state index contributed by atoms with van der Waals surface area (Å²) in [6, 6.07) is 6.35. The van der Waals surface area contributed by atoms with Crippen LogP contribution in [0.5, 0.6) is 0 Å². The van der Waals surface area contributed by atoms with Gasteiger partial charge < -0.3 is 30.4 Å². The van der Waals surface area contributed by atoms with Gasteiger partial charge in [-0.1, -0.05) is 32.1 Å². The lowest BCUT2D eigenvalue weighted by molar-refractivity contribution is -0.142. The fourth-order valence-corrected chi connectivity index (χ4v) is 8.33. The number of nitrogens with zero attached hydrogens (tertiary/aromatic N) is 1. The Balaban J connectivity index is 1.14. The summed E-state index contributed by atoms with van der Waals surface area (Å²) < 4.78 is 24.1. The number of H-pyrrole nitrogens is 1. The Morgan fingerprint density at radius 2 is 1.76 bits per heavy atom. The van der Waals surface area contributed by atoms with Crippen LogP contribution in [0.2, 0.25) is 0 Å². The number of aromatic amines is 1. The monoisotopic (exact) mass is 624 g/mol. The van der Waals surface area contributed by atoms with Gasteiger partial charge in [0.15, 0.2) is 0 Å². The predicted octanol–water partition coefficient (Wildman–Crippen LogP) is 5.59. The molecule has 246 valence electrons. The van der Waals surface area contributed by atoms with Gasteiger partial charge in [-0.2, -0.15) is 0 Å². The number of carbonyl (C=O) groups is 3. The number of nitrogens with two attached hydrogens (primary N) is 1. The first kappa shape index (κ1) is 32.0.